The highest BCUT2D eigenvalue weighted by Crippen LogP contribution is 2.30. The van der Waals surface area contributed by atoms with Crippen LogP contribution < -0.4 is 0 Å². The first kappa shape index (κ1) is 18.9. The molecular weight excluding hydrogens is 425 g/mol. The predicted octanol–water partition coefficient (Wildman–Crippen LogP) is 3.33. The monoisotopic (exact) mass is 445 g/mol. The molecule has 0 spiro atoms. The topological polar surface area (TPSA) is 92.8 Å². The largest absolute Gasteiger partial charge is 0.481 e. The molecule has 130 valence electrons. The van der Waals surface area contributed by atoms with Crippen LogP contribution in [-0.2, 0) is 22.7 Å². The summed E-state index contributed by atoms with van der Waals surface area (Å²) in [5, 5.41) is 22.2. The summed E-state index contributed by atoms with van der Waals surface area (Å²) in [4.78, 5) is 11.1. The fourth-order valence-corrected chi connectivity index (χ4v) is 3.23. The van der Waals surface area contributed by atoms with Gasteiger partial charge in [-0.3, -0.25) is 4.79 Å². The van der Waals surface area contributed by atoms with Crippen LogP contribution in [-0.4, -0.2) is 27.9 Å². The van der Waals surface area contributed by atoms with Gasteiger partial charge in [-0.25, -0.2) is 0 Å². The molecule has 7 heteroatoms. The van der Waals surface area contributed by atoms with Gasteiger partial charge in [-0.2, -0.15) is 0 Å². The Kier molecular flexibility index (Phi) is 7.67. The summed E-state index contributed by atoms with van der Waals surface area (Å²) in [5.74, 6) is -0.755. The van der Waals surface area contributed by atoms with Crippen molar-refractivity contribution in [2.24, 2.45) is 0 Å². The Labute approximate surface area is 153 Å². The number of carboxylic acid groups (broad SMARTS) is 1. The first-order valence-corrected chi connectivity index (χ1v) is 8.78. The van der Waals surface area contributed by atoms with Crippen LogP contribution in [0.15, 0.2) is 34.9 Å². The van der Waals surface area contributed by atoms with Crippen molar-refractivity contribution in [3.63, 3.8) is 0 Å². The van der Waals surface area contributed by atoms with E-state index in [0.29, 0.717) is 34.7 Å². The van der Waals surface area contributed by atoms with E-state index in [9.17, 15) is 9.90 Å². The predicted molar refractivity (Wildman–Crippen MR) is 95.5 cm³/mol. The molecule has 0 bridgehead atoms. The zero-order valence-corrected chi connectivity index (χ0v) is 15.3. The van der Waals surface area contributed by atoms with Crippen LogP contribution in [0.1, 0.15) is 42.2 Å². The molecule has 0 unspecified atom stereocenters. The van der Waals surface area contributed by atoms with Crippen LogP contribution in [0.3, 0.4) is 0 Å². The standard InChI is InChI=1S/C17H20INO5/c18-16-14(10-20)24-19-17(16)13(9-15(21)22)7-4-8-23-11-12-5-2-1-3-6-12/h1-3,5-6,13,20H,4,7-11H2,(H,21,22)/t13-/m0/s1. The number of benzene rings is 1. The minimum Gasteiger partial charge on any atom is -0.481 e. The van der Waals surface area contributed by atoms with E-state index >= 15 is 0 Å². The van der Waals surface area contributed by atoms with Crippen molar-refractivity contribution < 1.29 is 24.3 Å². The van der Waals surface area contributed by atoms with Gasteiger partial charge in [-0.1, -0.05) is 35.5 Å². The molecule has 0 aliphatic rings. The highest BCUT2D eigenvalue weighted by molar-refractivity contribution is 14.1. The van der Waals surface area contributed by atoms with Gasteiger partial charge in [0, 0.05) is 12.5 Å². The third kappa shape index (κ3) is 5.57. The number of aliphatic carboxylic acids is 1. The zero-order valence-electron chi connectivity index (χ0n) is 13.2. The normalized spacial score (nSPS) is 12.2. The molecule has 0 aliphatic heterocycles. The molecule has 0 amide bonds. The second-order valence-corrected chi connectivity index (χ2v) is 6.52. The molecule has 0 saturated carbocycles. The van der Waals surface area contributed by atoms with E-state index < -0.39 is 5.97 Å². The van der Waals surface area contributed by atoms with E-state index in [1.165, 1.54) is 0 Å². The van der Waals surface area contributed by atoms with Gasteiger partial charge in [0.2, 0.25) is 0 Å². The van der Waals surface area contributed by atoms with Crippen molar-refractivity contribution in [1.82, 2.24) is 5.16 Å². The van der Waals surface area contributed by atoms with Gasteiger partial charge in [-0.15, -0.1) is 0 Å². The number of halogens is 1. The van der Waals surface area contributed by atoms with Gasteiger partial charge in [0.15, 0.2) is 5.76 Å². The molecule has 2 rings (SSSR count). The third-order valence-electron chi connectivity index (χ3n) is 3.63. The maximum Gasteiger partial charge on any atom is 0.304 e. The molecule has 24 heavy (non-hydrogen) atoms. The van der Waals surface area contributed by atoms with Gasteiger partial charge in [0.1, 0.15) is 12.3 Å². The summed E-state index contributed by atoms with van der Waals surface area (Å²) < 4.78 is 11.4. The summed E-state index contributed by atoms with van der Waals surface area (Å²) >= 11 is 2.03. The van der Waals surface area contributed by atoms with Crippen molar-refractivity contribution in [1.29, 1.82) is 0 Å². The lowest BCUT2D eigenvalue weighted by Crippen LogP contribution is -2.09. The van der Waals surface area contributed by atoms with Crippen LogP contribution in [0.4, 0.5) is 0 Å². The fourth-order valence-electron chi connectivity index (χ4n) is 2.42. The SMILES string of the molecule is O=C(O)C[C@H](CCCOCc1ccccc1)c1noc(CO)c1I. The van der Waals surface area contributed by atoms with E-state index in [4.69, 9.17) is 14.4 Å². The molecule has 1 aromatic carbocycles. The summed E-state index contributed by atoms with van der Waals surface area (Å²) in [6.07, 6.45) is 1.34. The Morgan fingerprint density at radius 2 is 2.08 bits per heavy atom. The first-order chi connectivity index (χ1) is 11.6. The molecule has 1 atom stereocenters. The van der Waals surface area contributed by atoms with Crippen LogP contribution in [0.5, 0.6) is 0 Å². The Morgan fingerprint density at radius 3 is 2.71 bits per heavy atom. The number of ether oxygens (including phenoxy) is 1. The number of aliphatic hydroxyl groups is 1. The zero-order chi connectivity index (χ0) is 17.4. The van der Waals surface area contributed by atoms with Crippen molar-refractivity contribution in [3.8, 4) is 0 Å². The highest BCUT2D eigenvalue weighted by atomic mass is 127. The van der Waals surface area contributed by atoms with Gasteiger partial charge in [0.05, 0.1) is 16.6 Å². The number of hydrogen-bond donors (Lipinski definition) is 2. The minimum absolute atomic E-state index is 0.0217. The molecule has 6 nitrogen and oxygen atoms in total. The minimum atomic E-state index is -0.880. The summed E-state index contributed by atoms with van der Waals surface area (Å²) in [6, 6.07) is 9.89. The van der Waals surface area contributed by atoms with E-state index in [2.05, 4.69) is 5.16 Å². The average Bonchev–Trinajstić information content (AvgIpc) is 2.95. The average molecular weight is 445 g/mol. The second kappa shape index (κ2) is 9.75. The van der Waals surface area contributed by atoms with E-state index in [1.807, 2.05) is 52.9 Å². The quantitative estimate of drug-likeness (QED) is 0.431. The smallest absolute Gasteiger partial charge is 0.304 e. The molecule has 0 radical (unpaired) electrons. The van der Waals surface area contributed by atoms with Gasteiger partial charge >= 0.3 is 5.97 Å². The van der Waals surface area contributed by atoms with Gasteiger partial charge in [0.25, 0.3) is 0 Å². The van der Waals surface area contributed by atoms with E-state index in [1.54, 1.807) is 0 Å². The Morgan fingerprint density at radius 1 is 1.33 bits per heavy atom. The van der Waals surface area contributed by atoms with Crippen molar-refractivity contribution in [3.05, 3.63) is 50.9 Å². The fraction of sp³-hybridized carbons (Fsp3) is 0.412. The lowest BCUT2D eigenvalue weighted by atomic mass is 9.96. The van der Waals surface area contributed by atoms with E-state index in [-0.39, 0.29) is 18.9 Å². The first-order valence-electron chi connectivity index (χ1n) is 7.70. The molecule has 2 aromatic rings. The number of carbonyl (C=O) groups is 1. The molecular formula is C17H20INO5. The number of carboxylic acids is 1. The third-order valence-corrected chi connectivity index (χ3v) is 4.78. The number of aliphatic hydroxyl groups excluding tert-OH is 1. The number of rotatable bonds is 10. The van der Waals surface area contributed by atoms with Gasteiger partial charge in [-0.05, 0) is 41.0 Å². The Hall–Kier alpha value is -1.45. The van der Waals surface area contributed by atoms with Gasteiger partial charge < -0.3 is 19.5 Å². The van der Waals surface area contributed by atoms with Crippen LogP contribution in [0.2, 0.25) is 0 Å². The number of hydrogen-bond acceptors (Lipinski definition) is 5. The van der Waals surface area contributed by atoms with Crippen molar-refractivity contribution >= 4 is 28.6 Å². The van der Waals surface area contributed by atoms with Crippen LogP contribution >= 0.6 is 22.6 Å². The molecule has 0 fully saturated rings. The Balaban J connectivity index is 1.85. The van der Waals surface area contributed by atoms with Crippen LogP contribution in [0.25, 0.3) is 0 Å². The summed E-state index contributed by atoms with van der Waals surface area (Å²) in [7, 11) is 0. The summed E-state index contributed by atoms with van der Waals surface area (Å²) in [6.45, 7) is 0.845. The molecule has 2 N–H and O–H groups in total. The molecule has 1 aromatic heterocycles. The second-order valence-electron chi connectivity index (χ2n) is 5.44. The van der Waals surface area contributed by atoms with Crippen LogP contribution in [0, 0.1) is 3.57 Å². The maximum atomic E-state index is 11.1. The summed E-state index contributed by atoms with van der Waals surface area (Å²) in [5.41, 5.74) is 1.71. The lowest BCUT2D eigenvalue weighted by molar-refractivity contribution is -0.137. The molecule has 0 saturated heterocycles. The van der Waals surface area contributed by atoms with Crippen molar-refractivity contribution in [2.45, 2.75) is 38.4 Å². The maximum absolute atomic E-state index is 11.1. The highest BCUT2D eigenvalue weighted by Gasteiger charge is 2.24. The van der Waals surface area contributed by atoms with Crippen molar-refractivity contribution in [2.75, 3.05) is 6.61 Å². The van der Waals surface area contributed by atoms with E-state index in [0.717, 1.165) is 12.0 Å². The lowest BCUT2D eigenvalue weighted by Gasteiger charge is -2.12. The Bertz CT molecular complexity index is 644. The number of nitrogens with zero attached hydrogens (tertiary/aromatic N) is 1. The molecule has 1 heterocycles. The molecule has 0 aliphatic carbocycles. The number of aromatic nitrogens is 1.